The summed E-state index contributed by atoms with van der Waals surface area (Å²) in [5.41, 5.74) is -0.635. The molecule has 19 heavy (non-hydrogen) atoms. The van der Waals surface area contributed by atoms with Gasteiger partial charge in [0.2, 0.25) is 5.91 Å². The Morgan fingerprint density at radius 3 is 2.68 bits per heavy atom. The summed E-state index contributed by atoms with van der Waals surface area (Å²) in [5.74, 6) is -0.153. The lowest BCUT2D eigenvalue weighted by atomic mass is 10.1. The second kappa shape index (κ2) is 6.84. The van der Waals surface area contributed by atoms with Crippen LogP contribution in [0.2, 0.25) is 10.0 Å². The lowest BCUT2D eigenvalue weighted by Gasteiger charge is -2.25. The number of amides is 1. The van der Waals surface area contributed by atoms with Crippen LogP contribution in [0, 0.1) is 0 Å². The lowest BCUT2D eigenvalue weighted by Crippen LogP contribution is -2.48. The minimum absolute atomic E-state index is 0.117. The zero-order chi connectivity index (χ0) is 14.6. The van der Waals surface area contributed by atoms with Crippen LogP contribution in [0.15, 0.2) is 23.1 Å². The van der Waals surface area contributed by atoms with Crippen LogP contribution in [0.25, 0.3) is 0 Å². The molecule has 0 radical (unpaired) electrons. The van der Waals surface area contributed by atoms with Gasteiger partial charge in [0.25, 0.3) is 0 Å². The summed E-state index contributed by atoms with van der Waals surface area (Å²) in [6.45, 7) is 5.18. The van der Waals surface area contributed by atoms with Crippen molar-refractivity contribution in [2.24, 2.45) is 0 Å². The molecule has 0 bridgehead atoms. The first kappa shape index (κ1) is 16.6. The molecule has 1 rings (SSSR count). The summed E-state index contributed by atoms with van der Waals surface area (Å²) in [4.78, 5) is 12.8. The number of rotatable bonds is 5. The Balaban J connectivity index is 2.71. The van der Waals surface area contributed by atoms with Crippen LogP contribution in [0.3, 0.4) is 0 Å². The third kappa shape index (κ3) is 5.22. The third-order valence-electron chi connectivity index (χ3n) is 2.42. The number of hydrogen-bond acceptors (Lipinski definition) is 3. The Labute approximate surface area is 127 Å². The summed E-state index contributed by atoms with van der Waals surface area (Å²) in [6, 6.07) is 5.14. The van der Waals surface area contributed by atoms with Crippen LogP contribution >= 0.6 is 35.0 Å². The van der Waals surface area contributed by atoms with Crippen molar-refractivity contribution in [2.75, 3.05) is 6.61 Å². The van der Waals surface area contributed by atoms with Gasteiger partial charge in [-0.25, -0.2) is 0 Å². The first-order valence-corrected chi connectivity index (χ1v) is 7.43. The Morgan fingerprint density at radius 2 is 2.11 bits per heavy atom. The zero-order valence-electron chi connectivity index (χ0n) is 11.0. The van der Waals surface area contributed by atoms with Crippen LogP contribution in [-0.4, -0.2) is 28.4 Å². The molecule has 3 nitrogen and oxygen atoms in total. The van der Waals surface area contributed by atoms with Crippen molar-refractivity contribution in [3.05, 3.63) is 28.2 Å². The van der Waals surface area contributed by atoms with Gasteiger partial charge in [-0.3, -0.25) is 4.79 Å². The van der Waals surface area contributed by atoms with E-state index in [1.165, 1.54) is 11.8 Å². The maximum Gasteiger partial charge on any atom is 0.233 e. The first-order valence-electron chi connectivity index (χ1n) is 5.80. The van der Waals surface area contributed by atoms with E-state index in [9.17, 15) is 4.79 Å². The molecule has 0 spiro atoms. The number of benzene rings is 1. The zero-order valence-corrected chi connectivity index (χ0v) is 13.4. The van der Waals surface area contributed by atoms with Gasteiger partial charge in [0.15, 0.2) is 0 Å². The molecule has 0 aliphatic heterocycles. The molecule has 0 saturated heterocycles. The summed E-state index contributed by atoms with van der Waals surface area (Å²) in [6.07, 6.45) is 0. The molecule has 0 fully saturated rings. The molecule has 0 saturated carbocycles. The molecular formula is C13H17Cl2NO2S. The normalized spacial score (nSPS) is 13.2. The van der Waals surface area contributed by atoms with Gasteiger partial charge in [0.1, 0.15) is 0 Å². The van der Waals surface area contributed by atoms with E-state index >= 15 is 0 Å². The van der Waals surface area contributed by atoms with Crippen molar-refractivity contribution in [3.63, 3.8) is 0 Å². The fourth-order valence-electron chi connectivity index (χ4n) is 1.29. The van der Waals surface area contributed by atoms with E-state index in [2.05, 4.69) is 5.32 Å². The van der Waals surface area contributed by atoms with Crippen LogP contribution in [-0.2, 0) is 4.79 Å². The Hall–Kier alpha value is -0.420. The van der Waals surface area contributed by atoms with Gasteiger partial charge in [-0.2, -0.15) is 0 Å². The van der Waals surface area contributed by atoms with Gasteiger partial charge in [-0.1, -0.05) is 23.2 Å². The highest BCUT2D eigenvalue weighted by atomic mass is 35.5. The molecule has 1 atom stereocenters. The van der Waals surface area contributed by atoms with Crippen molar-refractivity contribution in [2.45, 2.75) is 36.5 Å². The topological polar surface area (TPSA) is 49.3 Å². The number of hydrogen-bond donors (Lipinski definition) is 2. The monoisotopic (exact) mass is 321 g/mol. The second-order valence-corrected chi connectivity index (χ2v) is 7.09. The predicted molar refractivity (Wildman–Crippen MR) is 81.1 cm³/mol. The van der Waals surface area contributed by atoms with E-state index in [0.29, 0.717) is 10.0 Å². The number of halogens is 2. The number of carbonyl (C=O) groups excluding carboxylic acids is 1. The molecule has 1 amide bonds. The predicted octanol–water partition coefficient (Wildman–Crippen LogP) is 3.36. The van der Waals surface area contributed by atoms with Crippen molar-refractivity contribution >= 4 is 40.9 Å². The summed E-state index contributed by atoms with van der Waals surface area (Å²) >= 11 is 13.3. The van der Waals surface area contributed by atoms with E-state index in [-0.39, 0.29) is 17.8 Å². The number of thioether (sulfide) groups is 1. The highest BCUT2D eigenvalue weighted by Gasteiger charge is 2.23. The van der Waals surface area contributed by atoms with E-state index in [1.807, 2.05) is 0 Å². The SMILES string of the molecule is CC(Sc1cc(Cl)ccc1Cl)C(=O)NC(C)(C)CO. The Kier molecular flexibility index (Phi) is 5.99. The van der Waals surface area contributed by atoms with Crippen LogP contribution in [0.1, 0.15) is 20.8 Å². The smallest absolute Gasteiger partial charge is 0.233 e. The van der Waals surface area contributed by atoms with Crippen LogP contribution in [0.4, 0.5) is 0 Å². The third-order valence-corrected chi connectivity index (χ3v) is 4.26. The summed E-state index contributed by atoms with van der Waals surface area (Å²) < 4.78 is 0. The van der Waals surface area contributed by atoms with Crippen LogP contribution < -0.4 is 5.32 Å². The first-order chi connectivity index (χ1) is 8.75. The van der Waals surface area contributed by atoms with Gasteiger partial charge in [-0.05, 0) is 39.0 Å². The average molecular weight is 322 g/mol. The number of aliphatic hydroxyl groups excluding tert-OH is 1. The molecule has 0 heterocycles. The summed E-state index contributed by atoms with van der Waals surface area (Å²) in [5, 5.41) is 12.7. The Bertz CT molecular complexity index is 466. The van der Waals surface area contributed by atoms with Crippen molar-refractivity contribution in [1.29, 1.82) is 0 Å². The summed E-state index contributed by atoms with van der Waals surface area (Å²) in [7, 11) is 0. The lowest BCUT2D eigenvalue weighted by molar-refractivity contribution is -0.122. The van der Waals surface area contributed by atoms with Gasteiger partial charge >= 0.3 is 0 Å². The van der Waals surface area contributed by atoms with Crippen molar-refractivity contribution in [1.82, 2.24) is 5.32 Å². The fraction of sp³-hybridized carbons (Fsp3) is 0.462. The van der Waals surface area contributed by atoms with Crippen molar-refractivity contribution < 1.29 is 9.90 Å². The maximum absolute atomic E-state index is 12.0. The molecular weight excluding hydrogens is 305 g/mol. The molecule has 0 aliphatic rings. The maximum atomic E-state index is 12.0. The highest BCUT2D eigenvalue weighted by Crippen LogP contribution is 2.32. The van der Waals surface area contributed by atoms with Gasteiger partial charge in [0.05, 0.1) is 22.4 Å². The van der Waals surface area contributed by atoms with E-state index < -0.39 is 5.54 Å². The Morgan fingerprint density at radius 1 is 1.47 bits per heavy atom. The van der Waals surface area contributed by atoms with E-state index in [1.54, 1.807) is 39.0 Å². The van der Waals surface area contributed by atoms with E-state index in [4.69, 9.17) is 28.3 Å². The van der Waals surface area contributed by atoms with Gasteiger partial charge < -0.3 is 10.4 Å². The van der Waals surface area contributed by atoms with Gasteiger partial charge in [-0.15, -0.1) is 11.8 Å². The average Bonchev–Trinajstić information content (AvgIpc) is 2.33. The molecule has 1 aromatic carbocycles. The molecule has 1 unspecified atom stereocenters. The molecule has 106 valence electrons. The second-order valence-electron chi connectivity index (χ2n) is 4.87. The molecule has 2 N–H and O–H groups in total. The number of carbonyl (C=O) groups is 1. The van der Waals surface area contributed by atoms with Crippen molar-refractivity contribution in [3.8, 4) is 0 Å². The largest absolute Gasteiger partial charge is 0.394 e. The van der Waals surface area contributed by atoms with Crippen LogP contribution in [0.5, 0.6) is 0 Å². The quantitative estimate of drug-likeness (QED) is 0.817. The molecule has 6 heteroatoms. The minimum atomic E-state index is -0.635. The molecule has 1 aromatic rings. The molecule has 0 aromatic heterocycles. The van der Waals surface area contributed by atoms with E-state index in [0.717, 1.165) is 4.90 Å². The standard InChI is InChI=1S/C13H17Cl2NO2S/c1-8(12(18)16-13(2,3)7-17)19-11-6-9(14)4-5-10(11)15/h4-6,8,17H,7H2,1-3H3,(H,16,18). The number of aliphatic hydroxyl groups is 1. The number of nitrogens with one attached hydrogen (secondary N) is 1. The highest BCUT2D eigenvalue weighted by molar-refractivity contribution is 8.00. The molecule has 0 aliphatic carbocycles. The fourth-order valence-corrected chi connectivity index (χ4v) is 2.70. The minimum Gasteiger partial charge on any atom is -0.394 e. The van der Waals surface area contributed by atoms with Gasteiger partial charge in [0, 0.05) is 9.92 Å².